The Bertz CT molecular complexity index is 444. The highest BCUT2D eigenvalue weighted by molar-refractivity contribution is 7.80. The van der Waals surface area contributed by atoms with Crippen molar-refractivity contribution < 1.29 is 0 Å². The van der Waals surface area contributed by atoms with Gasteiger partial charge in [0, 0.05) is 31.1 Å². The van der Waals surface area contributed by atoms with Gasteiger partial charge in [0.05, 0.1) is 23.3 Å². The Labute approximate surface area is 131 Å². The lowest BCUT2D eigenvalue weighted by Gasteiger charge is -2.38. The fraction of sp³-hybridized carbons (Fsp3) is 0.714. The Kier molecular flexibility index (Phi) is 5.49. The summed E-state index contributed by atoms with van der Waals surface area (Å²) >= 11 is 6.98. The molecule has 1 aliphatic heterocycles. The van der Waals surface area contributed by atoms with Gasteiger partial charge >= 0.3 is 0 Å². The minimum atomic E-state index is 0.261. The Hall–Kier alpha value is -0.560. The maximum atomic E-state index is 5.82. The van der Waals surface area contributed by atoms with E-state index in [0.29, 0.717) is 4.99 Å². The maximum absolute atomic E-state index is 5.82. The fourth-order valence-electron chi connectivity index (χ4n) is 2.67. The molecule has 0 aliphatic carbocycles. The van der Waals surface area contributed by atoms with Crippen molar-refractivity contribution >= 4 is 28.5 Å². The monoisotopic (exact) mass is 312 g/mol. The lowest BCUT2D eigenvalue weighted by atomic mass is 10.1. The highest BCUT2D eigenvalue weighted by Crippen LogP contribution is 2.19. The zero-order valence-electron chi connectivity index (χ0n) is 12.6. The summed E-state index contributed by atoms with van der Waals surface area (Å²) in [6, 6.07) is 0.261. The number of piperazine rings is 1. The average Bonchev–Trinajstić information content (AvgIpc) is 2.71. The number of hydrogen-bond donors (Lipinski definition) is 1. The molecule has 2 N–H and O–H groups in total. The van der Waals surface area contributed by atoms with Crippen LogP contribution in [-0.2, 0) is 6.54 Å². The van der Waals surface area contributed by atoms with Gasteiger partial charge in [-0.15, -0.1) is 11.3 Å². The predicted molar refractivity (Wildman–Crippen MR) is 89.3 cm³/mol. The number of thiocarbonyl (C=S) groups is 1. The molecule has 1 aromatic heterocycles. The normalized spacial score (nSPS) is 19.1. The van der Waals surface area contributed by atoms with Crippen LogP contribution in [-0.4, -0.2) is 52.0 Å². The second kappa shape index (κ2) is 6.93. The van der Waals surface area contributed by atoms with Crippen molar-refractivity contribution in [3.8, 4) is 0 Å². The number of hydrogen-bond acceptors (Lipinski definition) is 5. The minimum absolute atomic E-state index is 0.261. The van der Waals surface area contributed by atoms with Gasteiger partial charge < -0.3 is 5.73 Å². The standard InChI is InChI=1S/C14H24N4S2/c1-4-12(14(15)19)18-7-5-17(6-8-18)9-13-16-10(2)11(3)20-13/h12H,4-9H2,1-3H3,(H2,15,19). The molecule has 0 amide bonds. The van der Waals surface area contributed by atoms with E-state index >= 15 is 0 Å². The summed E-state index contributed by atoms with van der Waals surface area (Å²) in [6.45, 7) is 11.6. The van der Waals surface area contributed by atoms with Crippen molar-refractivity contribution in [3.63, 3.8) is 0 Å². The molecule has 112 valence electrons. The topological polar surface area (TPSA) is 45.4 Å². The van der Waals surface area contributed by atoms with Gasteiger partial charge in [0.1, 0.15) is 5.01 Å². The van der Waals surface area contributed by atoms with E-state index in [9.17, 15) is 0 Å². The zero-order chi connectivity index (χ0) is 14.7. The van der Waals surface area contributed by atoms with E-state index in [1.54, 1.807) is 0 Å². The first-order valence-corrected chi connectivity index (χ1v) is 8.42. The van der Waals surface area contributed by atoms with Crippen LogP contribution in [0.1, 0.15) is 28.9 Å². The summed E-state index contributed by atoms with van der Waals surface area (Å²) in [4.78, 5) is 11.5. The number of aromatic nitrogens is 1. The molecule has 0 bridgehead atoms. The van der Waals surface area contributed by atoms with Crippen LogP contribution in [0.5, 0.6) is 0 Å². The van der Waals surface area contributed by atoms with Gasteiger partial charge in [0.2, 0.25) is 0 Å². The smallest absolute Gasteiger partial charge is 0.107 e. The molecule has 2 heterocycles. The summed E-state index contributed by atoms with van der Waals surface area (Å²) in [5.74, 6) is 0. The molecule has 1 fully saturated rings. The summed E-state index contributed by atoms with van der Waals surface area (Å²) in [5.41, 5.74) is 6.99. The van der Waals surface area contributed by atoms with Crippen molar-refractivity contribution in [1.29, 1.82) is 0 Å². The van der Waals surface area contributed by atoms with Gasteiger partial charge in [-0.05, 0) is 20.3 Å². The van der Waals surface area contributed by atoms with Crippen LogP contribution in [0.25, 0.3) is 0 Å². The molecule has 1 aliphatic rings. The number of aryl methyl sites for hydroxylation is 2. The molecule has 1 saturated heterocycles. The molecule has 1 aromatic rings. The van der Waals surface area contributed by atoms with Crippen LogP contribution >= 0.6 is 23.6 Å². The minimum Gasteiger partial charge on any atom is -0.392 e. The Morgan fingerprint density at radius 2 is 2.00 bits per heavy atom. The largest absolute Gasteiger partial charge is 0.392 e. The van der Waals surface area contributed by atoms with E-state index in [1.165, 1.54) is 15.6 Å². The Morgan fingerprint density at radius 1 is 1.35 bits per heavy atom. The Balaban J connectivity index is 1.86. The lowest BCUT2D eigenvalue weighted by Crippen LogP contribution is -2.53. The van der Waals surface area contributed by atoms with Crippen molar-refractivity contribution in [3.05, 3.63) is 15.6 Å². The first-order valence-electron chi connectivity index (χ1n) is 7.20. The van der Waals surface area contributed by atoms with E-state index in [4.69, 9.17) is 18.0 Å². The first-order chi connectivity index (χ1) is 9.51. The molecular weight excluding hydrogens is 288 g/mol. The molecule has 0 radical (unpaired) electrons. The van der Waals surface area contributed by atoms with E-state index in [0.717, 1.165) is 39.1 Å². The highest BCUT2D eigenvalue weighted by atomic mass is 32.1. The van der Waals surface area contributed by atoms with Crippen LogP contribution in [0.4, 0.5) is 0 Å². The van der Waals surface area contributed by atoms with E-state index < -0.39 is 0 Å². The third-order valence-electron chi connectivity index (χ3n) is 3.99. The maximum Gasteiger partial charge on any atom is 0.107 e. The summed E-state index contributed by atoms with van der Waals surface area (Å²) in [7, 11) is 0. The predicted octanol–water partition coefficient (Wildman–Crippen LogP) is 1.94. The Morgan fingerprint density at radius 3 is 2.45 bits per heavy atom. The molecule has 0 aromatic carbocycles. The SMILES string of the molecule is CCC(C(N)=S)N1CCN(Cc2nc(C)c(C)s2)CC1. The van der Waals surface area contributed by atoms with Gasteiger partial charge in [0.15, 0.2) is 0 Å². The van der Waals surface area contributed by atoms with Crippen molar-refractivity contribution in [2.75, 3.05) is 26.2 Å². The molecular formula is C14H24N4S2. The van der Waals surface area contributed by atoms with Gasteiger partial charge in [-0.3, -0.25) is 9.80 Å². The van der Waals surface area contributed by atoms with Crippen molar-refractivity contribution in [2.45, 2.75) is 39.8 Å². The highest BCUT2D eigenvalue weighted by Gasteiger charge is 2.24. The molecule has 0 saturated carbocycles. The van der Waals surface area contributed by atoms with Crippen molar-refractivity contribution in [2.24, 2.45) is 5.73 Å². The second-order valence-electron chi connectivity index (χ2n) is 5.39. The number of nitrogens with zero attached hydrogens (tertiary/aromatic N) is 3. The lowest BCUT2D eigenvalue weighted by molar-refractivity contribution is 0.111. The van der Waals surface area contributed by atoms with E-state index in [1.807, 2.05) is 11.3 Å². The quantitative estimate of drug-likeness (QED) is 0.842. The van der Waals surface area contributed by atoms with Crippen LogP contribution in [0.15, 0.2) is 0 Å². The van der Waals surface area contributed by atoms with E-state index in [2.05, 4.69) is 35.6 Å². The van der Waals surface area contributed by atoms with Gasteiger partial charge in [-0.25, -0.2) is 4.98 Å². The van der Waals surface area contributed by atoms with Crippen molar-refractivity contribution in [1.82, 2.24) is 14.8 Å². The van der Waals surface area contributed by atoms with E-state index in [-0.39, 0.29) is 6.04 Å². The van der Waals surface area contributed by atoms with Gasteiger partial charge in [0.25, 0.3) is 0 Å². The van der Waals surface area contributed by atoms with Crippen LogP contribution in [0.3, 0.4) is 0 Å². The zero-order valence-corrected chi connectivity index (χ0v) is 14.2. The second-order valence-corrected chi connectivity index (χ2v) is 7.15. The molecule has 1 unspecified atom stereocenters. The summed E-state index contributed by atoms with van der Waals surface area (Å²) < 4.78 is 0. The van der Waals surface area contributed by atoms with Crippen LogP contribution in [0, 0.1) is 13.8 Å². The molecule has 20 heavy (non-hydrogen) atoms. The number of thiazole rings is 1. The van der Waals surface area contributed by atoms with Gasteiger partial charge in [-0.1, -0.05) is 19.1 Å². The van der Waals surface area contributed by atoms with Gasteiger partial charge in [-0.2, -0.15) is 0 Å². The average molecular weight is 313 g/mol. The number of rotatable bonds is 5. The van der Waals surface area contributed by atoms with Crippen LogP contribution < -0.4 is 5.73 Å². The third-order valence-corrected chi connectivity index (χ3v) is 5.32. The summed E-state index contributed by atoms with van der Waals surface area (Å²) in [6.07, 6.45) is 1.00. The third kappa shape index (κ3) is 3.75. The molecule has 6 heteroatoms. The fourth-order valence-corrected chi connectivity index (χ4v) is 3.96. The molecule has 0 spiro atoms. The number of nitrogens with two attached hydrogens (primary N) is 1. The molecule has 4 nitrogen and oxygen atoms in total. The van der Waals surface area contributed by atoms with Crippen LogP contribution in [0.2, 0.25) is 0 Å². The molecule has 1 atom stereocenters. The summed E-state index contributed by atoms with van der Waals surface area (Å²) in [5, 5.41) is 1.23. The molecule has 2 rings (SSSR count). The first kappa shape index (κ1) is 15.8.